The molecule has 1 amide bonds. The molecule has 0 aliphatic carbocycles. The van der Waals surface area contributed by atoms with Crippen molar-refractivity contribution in [2.24, 2.45) is 0 Å². The maximum absolute atomic E-state index is 13.5. The van der Waals surface area contributed by atoms with Gasteiger partial charge in [0.25, 0.3) is 0 Å². The number of halogens is 1. The van der Waals surface area contributed by atoms with Crippen molar-refractivity contribution in [2.45, 2.75) is 38.5 Å². The lowest BCUT2D eigenvalue weighted by molar-refractivity contribution is 0.0505. The molecule has 1 rings (SSSR count). The SMILES string of the molecule is CC(C)OC(=O)N1CCC(F)(C#N)CC1. The number of hydrogen-bond donors (Lipinski definition) is 0. The molecular weight excluding hydrogens is 199 g/mol. The van der Waals surface area contributed by atoms with Crippen molar-refractivity contribution in [2.75, 3.05) is 13.1 Å². The van der Waals surface area contributed by atoms with E-state index in [1.165, 1.54) is 4.90 Å². The van der Waals surface area contributed by atoms with E-state index in [0.29, 0.717) is 0 Å². The number of rotatable bonds is 1. The summed E-state index contributed by atoms with van der Waals surface area (Å²) in [6, 6.07) is 1.64. The molecular formula is C10H15FN2O2. The van der Waals surface area contributed by atoms with Crippen LogP contribution in [-0.2, 0) is 4.74 Å². The van der Waals surface area contributed by atoms with Gasteiger partial charge in [-0.2, -0.15) is 5.26 Å². The number of ether oxygens (including phenoxy) is 1. The van der Waals surface area contributed by atoms with Crippen molar-refractivity contribution in [3.05, 3.63) is 0 Å². The van der Waals surface area contributed by atoms with E-state index >= 15 is 0 Å². The van der Waals surface area contributed by atoms with E-state index in [4.69, 9.17) is 10.00 Å². The summed E-state index contributed by atoms with van der Waals surface area (Å²) in [6.07, 6.45) is -0.469. The fourth-order valence-corrected chi connectivity index (χ4v) is 1.43. The molecule has 0 spiro atoms. The van der Waals surface area contributed by atoms with Crippen molar-refractivity contribution in [1.82, 2.24) is 4.90 Å². The van der Waals surface area contributed by atoms with Gasteiger partial charge in [0, 0.05) is 25.9 Å². The minimum Gasteiger partial charge on any atom is -0.447 e. The minimum atomic E-state index is -1.77. The van der Waals surface area contributed by atoms with Crippen molar-refractivity contribution in [3.63, 3.8) is 0 Å². The highest BCUT2D eigenvalue weighted by Gasteiger charge is 2.36. The molecule has 0 unspecified atom stereocenters. The van der Waals surface area contributed by atoms with Gasteiger partial charge in [0.15, 0.2) is 5.67 Å². The average molecular weight is 214 g/mol. The van der Waals surface area contributed by atoms with Gasteiger partial charge in [0.2, 0.25) is 0 Å². The number of piperidine rings is 1. The zero-order chi connectivity index (χ0) is 11.5. The standard InChI is InChI=1S/C10H15FN2O2/c1-8(2)15-9(14)13-5-3-10(11,7-12)4-6-13/h8H,3-6H2,1-2H3. The quantitative estimate of drug-likeness (QED) is 0.669. The molecule has 0 N–H and O–H groups in total. The molecule has 1 heterocycles. The van der Waals surface area contributed by atoms with Crippen molar-refractivity contribution >= 4 is 6.09 Å². The zero-order valence-corrected chi connectivity index (χ0v) is 8.99. The Morgan fingerprint density at radius 2 is 2.07 bits per heavy atom. The summed E-state index contributed by atoms with van der Waals surface area (Å²) in [6.45, 7) is 4.01. The van der Waals surface area contributed by atoms with E-state index in [-0.39, 0.29) is 32.0 Å². The first-order valence-electron chi connectivity index (χ1n) is 5.02. The molecule has 1 aliphatic rings. The first-order valence-corrected chi connectivity index (χ1v) is 5.02. The molecule has 0 aromatic heterocycles. The Bertz CT molecular complexity index is 278. The van der Waals surface area contributed by atoms with E-state index in [0.717, 1.165) is 0 Å². The second-order valence-electron chi connectivity index (χ2n) is 4.00. The van der Waals surface area contributed by atoms with Gasteiger partial charge in [-0.1, -0.05) is 0 Å². The number of carbonyl (C=O) groups excluding carboxylic acids is 1. The first-order chi connectivity index (χ1) is 6.97. The molecule has 0 aromatic carbocycles. The highest BCUT2D eigenvalue weighted by Crippen LogP contribution is 2.25. The Kier molecular flexibility index (Phi) is 3.51. The third kappa shape index (κ3) is 3.08. The highest BCUT2D eigenvalue weighted by atomic mass is 19.1. The molecule has 0 aromatic rings. The van der Waals surface area contributed by atoms with Crippen LogP contribution in [0.2, 0.25) is 0 Å². The maximum Gasteiger partial charge on any atom is 0.410 e. The molecule has 84 valence electrons. The van der Waals surface area contributed by atoms with Gasteiger partial charge in [-0.15, -0.1) is 0 Å². The van der Waals surface area contributed by atoms with Gasteiger partial charge in [0.05, 0.1) is 6.10 Å². The molecule has 0 bridgehead atoms. The van der Waals surface area contributed by atoms with Gasteiger partial charge in [0.1, 0.15) is 6.07 Å². The summed E-state index contributed by atoms with van der Waals surface area (Å²) >= 11 is 0. The lowest BCUT2D eigenvalue weighted by Crippen LogP contribution is -2.44. The van der Waals surface area contributed by atoms with Crippen LogP contribution in [0.25, 0.3) is 0 Å². The number of nitrogens with zero attached hydrogens (tertiary/aromatic N) is 2. The van der Waals surface area contributed by atoms with Crippen molar-refractivity contribution in [3.8, 4) is 6.07 Å². The fraction of sp³-hybridized carbons (Fsp3) is 0.800. The minimum absolute atomic E-state index is 0.0662. The third-order valence-electron chi connectivity index (χ3n) is 2.35. The van der Waals surface area contributed by atoms with Crippen molar-refractivity contribution in [1.29, 1.82) is 5.26 Å². The molecule has 1 aliphatic heterocycles. The summed E-state index contributed by atoms with van der Waals surface area (Å²) in [5.74, 6) is 0. The maximum atomic E-state index is 13.5. The van der Waals surface area contributed by atoms with E-state index < -0.39 is 11.8 Å². The van der Waals surface area contributed by atoms with Crippen LogP contribution < -0.4 is 0 Å². The second-order valence-corrected chi connectivity index (χ2v) is 4.00. The van der Waals surface area contributed by atoms with E-state index in [9.17, 15) is 9.18 Å². The van der Waals surface area contributed by atoms with Crippen LogP contribution in [-0.4, -0.2) is 35.9 Å². The number of amides is 1. The van der Waals surface area contributed by atoms with Crippen LogP contribution in [0.4, 0.5) is 9.18 Å². The molecule has 4 nitrogen and oxygen atoms in total. The summed E-state index contributed by atoms with van der Waals surface area (Å²) in [4.78, 5) is 12.8. The van der Waals surface area contributed by atoms with Gasteiger partial charge < -0.3 is 9.64 Å². The monoisotopic (exact) mass is 214 g/mol. The summed E-state index contributed by atoms with van der Waals surface area (Å²) in [7, 11) is 0. The van der Waals surface area contributed by atoms with Gasteiger partial charge in [-0.3, -0.25) is 0 Å². The number of likely N-dealkylation sites (tertiary alicyclic amines) is 1. The third-order valence-corrected chi connectivity index (χ3v) is 2.35. The van der Waals surface area contributed by atoms with Crippen LogP contribution in [0.15, 0.2) is 0 Å². The lowest BCUT2D eigenvalue weighted by Gasteiger charge is -2.32. The Morgan fingerprint density at radius 3 is 2.47 bits per heavy atom. The fourth-order valence-electron chi connectivity index (χ4n) is 1.43. The number of nitriles is 1. The summed E-state index contributed by atoms with van der Waals surface area (Å²) in [5, 5.41) is 8.56. The van der Waals surface area contributed by atoms with E-state index in [1.54, 1.807) is 19.9 Å². The van der Waals surface area contributed by atoms with Crippen molar-refractivity contribution < 1.29 is 13.9 Å². The first kappa shape index (κ1) is 11.8. The Morgan fingerprint density at radius 1 is 1.53 bits per heavy atom. The normalized spacial score (nSPS) is 19.8. The summed E-state index contributed by atoms with van der Waals surface area (Å²) in [5.41, 5.74) is -1.77. The molecule has 1 fully saturated rings. The van der Waals surface area contributed by atoms with Crippen LogP contribution >= 0.6 is 0 Å². The van der Waals surface area contributed by atoms with Crippen LogP contribution in [0.1, 0.15) is 26.7 Å². The number of alkyl halides is 1. The van der Waals surface area contributed by atoms with Gasteiger partial charge in [-0.05, 0) is 13.8 Å². The van der Waals surface area contributed by atoms with Crippen LogP contribution in [0.3, 0.4) is 0 Å². The van der Waals surface area contributed by atoms with Gasteiger partial charge in [-0.25, -0.2) is 9.18 Å². The summed E-state index contributed by atoms with van der Waals surface area (Å²) < 4.78 is 18.4. The second kappa shape index (κ2) is 4.47. The zero-order valence-electron chi connectivity index (χ0n) is 8.99. The molecule has 0 radical (unpaired) electrons. The Labute approximate surface area is 88.6 Å². The molecule has 1 saturated heterocycles. The molecule has 0 atom stereocenters. The van der Waals surface area contributed by atoms with E-state index in [1.807, 2.05) is 0 Å². The smallest absolute Gasteiger partial charge is 0.410 e. The average Bonchev–Trinajstić information content (AvgIpc) is 2.18. The molecule has 5 heteroatoms. The topological polar surface area (TPSA) is 53.3 Å². The van der Waals surface area contributed by atoms with Gasteiger partial charge >= 0.3 is 6.09 Å². The highest BCUT2D eigenvalue weighted by molar-refractivity contribution is 5.68. The molecule has 15 heavy (non-hydrogen) atoms. The lowest BCUT2D eigenvalue weighted by atomic mass is 9.95. The number of carbonyl (C=O) groups is 1. The largest absolute Gasteiger partial charge is 0.447 e. The van der Waals surface area contributed by atoms with E-state index in [2.05, 4.69) is 0 Å². The predicted octanol–water partition coefficient (Wildman–Crippen LogP) is 1.86. The predicted molar refractivity (Wildman–Crippen MR) is 51.9 cm³/mol. The van der Waals surface area contributed by atoms with Crippen LogP contribution in [0, 0.1) is 11.3 Å². The Balaban J connectivity index is 2.44. The Hall–Kier alpha value is -1.31. The number of hydrogen-bond acceptors (Lipinski definition) is 3. The van der Waals surface area contributed by atoms with Crippen LogP contribution in [0.5, 0.6) is 0 Å². The molecule has 0 saturated carbocycles.